The highest BCUT2D eigenvalue weighted by Crippen LogP contribution is 2.23. The summed E-state index contributed by atoms with van der Waals surface area (Å²) in [5.41, 5.74) is 0.272. The van der Waals surface area contributed by atoms with Gasteiger partial charge >= 0.3 is 0 Å². The molecular formula is C12H9Br2NO2S. The molecule has 3 nitrogen and oxygen atoms in total. The molecule has 1 aromatic carbocycles. The van der Waals surface area contributed by atoms with E-state index in [0.717, 1.165) is 13.1 Å². The van der Waals surface area contributed by atoms with Gasteiger partial charge in [-0.2, -0.15) is 0 Å². The van der Waals surface area contributed by atoms with Gasteiger partial charge in [0.25, 0.3) is 5.91 Å². The number of amides is 1. The predicted octanol–water partition coefficient (Wildman–Crippen LogP) is 3.91. The first-order chi connectivity index (χ1) is 8.56. The maximum absolute atomic E-state index is 11.9. The molecule has 0 fully saturated rings. The molecular weight excluding hydrogens is 382 g/mol. The zero-order chi connectivity index (χ0) is 13.1. The van der Waals surface area contributed by atoms with Gasteiger partial charge < -0.3 is 10.4 Å². The second-order valence-electron chi connectivity index (χ2n) is 3.55. The van der Waals surface area contributed by atoms with Crippen LogP contribution in [-0.2, 0) is 6.54 Å². The molecule has 94 valence electrons. The van der Waals surface area contributed by atoms with E-state index in [-0.39, 0.29) is 17.2 Å². The highest BCUT2D eigenvalue weighted by molar-refractivity contribution is 9.11. The number of benzene rings is 1. The summed E-state index contributed by atoms with van der Waals surface area (Å²) in [5, 5.41) is 12.4. The molecule has 0 saturated carbocycles. The summed E-state index contributed by atoms with van der Waals surface area (Å²) in [7, 11) is 0. The molecule has 0 radical (unpaired) electrons. The normalized spacial score (nSPS) is 10.3. The van der Waals surface area contributed by atoms with E-state index in [1.807, 2.05) is 12.1 Å². The Morgan fingerprint density at radius 3 is 2.67 bits per heavy atom. The molecule has 0 bridgehead atoms. The van der Waals surface area contributed by atoms with Crippen LogP contribution in [0.2, 0.25) is 0 Å². The van der Waals surface area contributed by atoms with Crippen molar-refractivity contribution in [3.63, 3.8) is 0 Å². The second kappa shape index (κ2) is 5.86. The number of phenols is 1. The summed E-state index contributed by atoms with van der Waals surface area (Å²) >= 11 is 8.16. The maximum Gasteiger partial charge on any atom is 0.255 e. The fourth-order valence-electron chi connectivity index (χ4n) is 1.41. The van der Waals surface area contributed by atoms with E-state index in [2.05, 4.69) is 37.2 Å². The Hall–Kier alpha value is -0.850. The molecule has 0 spiro atoms. The van der Waals surface area contributed by atoms with Crippen molar-refractivity contribution in [3.8, 4) is 5.75 Å². The summed E-state index contributed by atoms with van der Waals surface area (Å²) in [6.45, 7) is 0.449. The third-order valence-corrected chi connectivity index (χ3v) is 4.37. The number of aromatic hydroxyl groups is 1. The minimum Gasteiger partial charge on any atom is -0.507 e. The summed E-state index contributed by atoms with van der Waals surface area (Å²) in [6, 6.07) is 8.67. The third kappa shape index (κ3) is 3.34. The fraction of sp³-hybridized carbons (Fsp3) is 0.0833. The molecule has 0 aliphatic rings. The van der Waals surface area contributed by atoms with Crippen molar-refractivity contribution in [1.29, 1.82) is 0 Å². The van der Waals surface area contributed by atoms with Gasteiger partial charge in [-0.05, 0) is 46.3 Å². The quantitative estimate of drug-likeness (QED) is 0.834. The van der Waals surface area contributed by atoms with Crippen LogP contribution in [0.3, 0.4) is 0 Å². The Bertz CT molecular complexity index is 583. The van der Waals surface area contributed by atoms with Gasteiger partial charge in [-0.1, -0.05) is 15.9 Å². The van der Waals surface area contributed by atoms with Crippen LogP contribution in [0, 0.1) is 0 Å². The van der Waals surface area contributed by atoms with Crippen LogP contribution in [0.25, 0.3) is 0 Å². The van der Waals surface area contributed by atoms with Crippen molar-refractivity contribution in [2.75, 3.05) is 0 Å². The van der Waals surface area contributed by atoms with E-state index in [1.54, 1.807) is 23.5 Å². The largest absolute Gasteiger partial charge is 0.507 e. The van der Waals surface area contributed by atoms with Gasteiger partial charge in [-0.15, -0.1) is 11.3 Å². The maximum atomic E-state index is 11.9. The number of hydrogen-bond donors (Lipinski definition) is 2. The fourth-order valence-corrected chi connectivity index (χ4v) is 3.18. The van der Waals surface area contributed by atoms with Crippen molar-refractivity contribution in [1.82, 2.24) is 5.32 Å². The van der Waals surface area contributed by atoms with E-state index in [4.69, 9.17) is 0 Å². The molecule has 1 amide bonds. The van der Waals surface area contributed by atoms with Crippen LogP contribution in [-0.4, -0.2) is 11.0 Å². The lowest BCUT2D eigenvalue weighted by Crippen LogP contribution is -2.22. The van der Waals surface area contributed by atoms with Crippen molar-refractivity contribution in [2.24, 2.45) is 0 Å². The van der Waals surface area contributed by atoms with E-state index in [0.29, 0.717) is 6.54 Å². The second-order valence-corrected chi connectivity index (χ2v) is 7.01. The van der Waals surface area contributed by atoms with Crippen molar-refractivity contribution in [3.05, 3.63) is 49.0 Å². The molecule has 1 aromatic heterocycles. The smallest absolute Gasteiger partial charge is 0.255 e. The Morgan fingerprint density at radius 2 is 2.06 bits per heavy atom. The van der Waals surface area contributed by atoms with Gasteiger partial charge in [-0.25, -0.2) is 0 Å². The lowest BCUT2D eigenvalue weighted by molar-refractivity contribution is 0.0948. The van der Waals surface area contributed by atoms with Gasteiger partial charge in [-0.3, -0.25) is 4.79 Å². The van der Waals surface area contributed by atoms with Crippen LogP contribution < -0.4 is 5.32 Å². The molecule has 2 rings (SSSR count). The van der Waals surface area contributed by atoms with Crippen LogP contribution in [0.4, 0.5) is 0 Å². The van der Waals surface area contributed by atoms with E-state index in [9.17, 15) is 9.90 Å². The van der Waals surface area contributed by atoms with Crippen LogP contribution >= 0.6 is 43.2 Å². The molecule has 0 unspecified atom stereocenters. The van der Waals surface area contributed by atoms with Crippen LogP contribution in [0.1, 0.15) is 15.2 Å². The molecule has 0 atom stereocenters. The lowest BCUT2D eigenvalue weighted by Gasteiger charge is -2.06. The minimum absolute atomic E-state index is 0.0331. The average Bonchev–Trinajstić information content (AvgIpc) is 2.72. The van der Waals surface area contributed by atoms with Crippen molar-refractivity contribution in [2.45, 2.75) is 6.54 Å². The van der Waals surface area contributed by atoms with Crippen LogP contribution in [0.15, 0.2) is 38.6 Å². The number of carbonyl (C=O) groups is 1. The summed E-state index contributed by atoms with van der Waals surface area (Å²) in [5.74, 6) is -0.321. The molecule has 0 aliphatic carbocycles. The molecule has 18 heavy (non-hydrogen) atoms. The molecule has 1 heterocycles. The monoisotopic (exact) mass is 389 g/mol. The topological polar surface area (TPSA) is 49.3 Å². The minimum atomic E-state index is -0.287. The van der Waals surface area contributed by atoms with Gasteiger partial charge in [0, 0.05) is 9.35 Å². The zero-order valence-corrected chi connectivity index (χ0v) is 13.1. The molecule has 0 aliphatic heterocycles. The Morgan fingerprint density at radius 1 is 1.28 bits per heavy atom. The average molecular weight is 391 g/mol. The summed E-state index contributed by atoms with van der Waals surface area (Å²) in [6.07, 6.45) is 0. The number of nitrogens with one attached hydrogen (secondary N) is 1. The third-order valence-electron chi connectivity index (χ3n) is 2.26. The number of halogens is 2. The van der Waals surface area contributed by atoms with Gasteiger partial charge in [0.05, 0.1) is 15.9 Å². The van der Waals surface area contributed by atoms with Gasteiger partial charge in [0.15, 0.2) is 0 Å². The van der Waals surface area contributed by atoms with E-state index < -0.39 is 0 Å². The molecule has 2 N–H and O–H groups in total. The van der Waals surface area contributed by atoms with E-state index >= 15 is 0 Å². The standard InChI is InChI=1S/C12H9Br2NO2S/c13-7-1-3-9(10(16)5-7)12(17)15-6-8-2-4-11(14)18-8/h1-5,16H,6H2,(H,15,17). The number of rotatable bonds is 3. The molecule has 6 heteroatoms. The lowest BCUT2D eigenvalue weighted by atomic mass is 10.2. The van der Waals surface area contributed by atoms with Crippen molar-refractivity contribution < 1.29 is 9.90 Å². The van der Waals surface area contributed by atoms with Crippen molar-refractivity contribution >= 4 is 49.1 Å². The Kier molecular flexibility index (Phi) is 4.42. The highest BCUT2D eigenvalue weighted by Gasteiger charge is 2.11. The number of thiophene rings is 1. The first kappa shape index (κ1) is 13.6. The van der Waals surface area contributed by atoms with Crippen LogP contribution in [0.5, 0.6) is 5.75 Å². The van der Waals surface area contributed by atoms with E-state index in [1.165, 1.54) is 6.07 Å². The zero-order valence-electron chi connectivity index (χ0n) is 9.11. The predicted molar refractivity (Wildman–Crippen MR) is 79.0 cm³/mol. The number of phenolic OH excluding ortho intramolecular Hbond substituents is 1. The summed E-state index contributed by atoms with van der Waals surface area (Å²) in [4.78, 5) is 12.9. The van der Waals surface area contributed by atoms with Gasteiger partial charge in [0.1, 0.15) is 5.75 Å². The molecule has 0 saturated heterocycles. The molecule has 2 aromatic rings. The Labute approximate surface area is 125 Å². The number of hydrogen-bond acceptors (Lipinski definition) is 3. The Balaban J connectivity index is 2.03. The first-order valence-corrected chi connectivity index (χ1v) is 7.47. The number of carbonyl (C=O) groups excluding carboxylic acids is 1. The summed E-state index contributed by atoms with van der Waals surface area (Å²) < 4.78 is 1.76. The highest BCUT2D eigenvalue weighted by atomic mass is 79.9. The first-order valence-electron chi connectivity index (χ1n) is 5.07. The SMILES string of the molecule is O=C(NCc1ccc(Br)s1)c1ccc(Br)cc1O. The van der Waals surface area contributed by atoms with Gasteiger partial charge in [0.2, 0.25) is 0 Å².